The summed E-state index contributed by atoms with van der Waals surface area (Å²) in [6, 6.07) is 6.28. The lowest BCUT2D eigenvalue weighted by Gasteiger charge is -2.21. The van der Waals surface area contributed by atoms with E-state index in [4.69, 9.17) is 0 Å². The molecule has 0 unspecified atom stereocenters. The lowest BCUT2D eigenvalue weighted by Crippen LogP contribution is -2.28. The van der Waals surface area contributed by atoms with Gasteiger partial charge in [-0.15, -0.1) is 0 Å². The quantitative estimate of drug-likeness (QED) is 0.709. The van der Waals surface area contributed by atoms with Crippen LogP contribution in [0.5, 0.6) is 0 Å². The fraction of sp³-hybridized carbons (Fsp3) is 0.375. The highest BCUT2D eigenvalue weighted by Crippen LogP contribution is 2.31. The van der Waals surface area contributed by atoms with Crippen molar-refractivity contribution in [3.63, 3.8) is 0 Å². The second-order valence-electron chi connectivity index (χ2n) is 6.42. The molecule has 0 aliphatic heterocycles. The zero-order chi connectivity index (χ0) is 18.1. The van der Waals surface area contributed by atoms with Crippen LogP contribution in [0.4, 0.5) is 30.6 Å². The van der Waals surface area contributed by atoms with Gasteiger partial charge in [0.2, 0.25) is 5.95 Å². The summed E-state index contributed by atoms with van der Waals surface area (Å²) in [5.74, 6) is -0.000504. The van der Waals surface area contributed by atoms with Crippen molar-refractivity contribution in [2.75, 3.05) is 10.6 Å². The summed E-state index contributed by atoms with van der Waals surface area (Å²) in [6.45, 7) is 7.36. The maximum Gasteiger partial charge on any atom is 0.433 e. The molecule has 0 saturated carbocycles. The van der Waals surface area contributed by atoms with Crippen molar-refractivity contribution in [3.05, 3.63) is 40.0 Å². The molecule has 130 valence electrons. The van der Waals surface area contributed by atoms with Crippen LogP contribution in [0.3, 0.4) is 0 Å². The van der Waals surface area contributed by atoms with Crippen molar-refractivity contribution in [1.29, 1.82) is 0 Å². The molecule has 0 saturated heterocycles. The van der Waals surface area contributed by atoms with E-state index >= 15 is 0 Å². The van der Waals surface area contributed by atoms with Crippen LogP contribution in [-0.2, 0) is 6.18 Å². The maximum atomic E-state index is 13.1. The third-order valence-electron chi connectivity index (χ3n) is 2.93. The summed E-state index contributed by atoms with van der Waals surface area (Å²) in [7, 11) is 0. The summed E-state index contributed by atoms with van der Waals surface area (Å²) in [5, 5.41) is 5.77. The molecule has 2 N–H and O–H groups in total. The number of alkyl halides is 3. The zero-order valence-electron chi connectivity index (χ0n) is 13.7. The molecule has 1 heterocycles. The number of hydrogen-bond acceptors (Lipinski definition) is 4. The molecule has 0 spiro atoms. The van der Waals surface area contributed by atoms with E-state index in [2.05, 4.69) is 36.5 Å². The first-order chi connectivity index (χ1) is 10.9. The van der Waals surface area contributed by atoms with Gasteiger partial charge in [-0.3, -0.25) is 0 Å². The van der Waals surface area contributed by atoms with Crippen LogP contribution in [0, 0.1) is 6.92 Å². The van der Waals surface area contributed by atoms with Crippen molar-refractivity contribution in [1.82, 2.24) is 9.97 Å². The van der Waals surface area contributed by atoms with Crippen molar-refractivity contribution in [3.8, 4) is 0 Å². The van der Waals surface area contributed by atoms with Crippen molar-refractivity contribution in [2.45, 2.75) is 39.4 Å². The first-order valence-electron chi connectivity index (χ1n) is 7.22. The number of benzene rings is 1. The Morgan fingerprint density at radius 3 is 2.25 bits per heavy atom. The monoisotopic (exact) mass is 402 g/mol. The summed E-state index contributed by atoms with van der Waals surface area (Å²) in [6.07, 6.45) is -4.55. The fourth-order valence-electron chi connectivity index (χ4n) is 1.92. The normalized spacial score (nSPS) is 12.2. The Balaban J connectivity index is 2.40. The second kappa shape index (κ2) is 6.58. The minimum absolute atomic E-state index is 0.0748. The fourth-order valence-corrected chi connectivity index (χ4v) is 2.16. The third kappa shape index (κ3) is 5.09. The standard InChI is InChI=1S/C16H18BrF3N4/c1-9-7-10(5-6-11(9)17)21-13-8-12(16(18,19)20)22-14(23-13)24-15(2,3)4/h5-8H,1-4H3,(H2,21,22,23,24). The summed E-state index contributed by atoms with van der Waals surface area (Å²) >= 11 is 3.38. The zero-order valence-corrected chi connectivity index (χ0v) is 15.3. The Morgan fingerprint density at radius 1 is 1.04 bits per heavy atom. The maximum absolute atomic E-state index is 13.1. The third-order valence-corrected chi connectivity index (χ3v) is 3.82. The Morgan fingerprint density at radius 2 is 1.71 bits per heavy atom. The largest absolute Gasteiger partial charge is 0.433 e. The first kappa shape index (κ1) is 18.5. The van der Waals surface area contributed by atoms with Crippen LogP contribution in [0.1, 0.15) is 32.0 Å². The summed E-state index contributed by atoms with van der Waals surface area (Å²) in [5.41, 5.74) is 0.137. The van der Waals surface area contributed by atoms with Crippen LogP contribution in [-0.4, -0.2) is 15.5 Å². The molecule has 4 nitrogen and oxygen atoms in total. The highest BCUT2D eigenvalue weighted by molar-refractivity contribution is 9.10. The number of halogens is 4. The molecular weight excluding hydrogens is 385 g/mol. The predicted molar refractivity (Wildman–Crippen MR) is 92.6 cm³/mol. The predicted octanol–water partition coefficient (Wildman–Crippen LogP) is 5.52. The van der Waals surface area contributed by atoms with Gasteiger partial charge in [-0.25, -0.2) is 4.98 Å². The number of anilines is 3. The van der Waals surface area contributed by atoms with E-state index in [-0.39, 0.29) is 11.8 Å². The molecule has 0 fully saturated rings. The average Bonchev–Trinajstić information content (AvgIpc) is 2.40. The molecule has 0 aliphatic carbocycles. The second-order valence-corrected chi connectivity index (χ2v) is 7.28. The SMILES string of the molecule is Cc1cc(Nc2cc(C(F)(F)F)nc(NC(C)(C)C)n2)ccc1Br. The van der Waals surface area contributed by atoms with Crippen molar-refractivity contribution < 1.29 is 13.2 Å². The van der Waals surface area contributed by atoms with E-state index in [0.717, 1.165) is 16.1 Å². The van der Waals surface area contributed by atoms with Gasteiger partial charge in [0.25, 0.3) is 0 Å². The van der Waals surface area contributed by atoms with E-state index in [9.17, 15) is 13.2 Å². The van der Waals surface area contributed by atoms with Gasteiger partial charge in [0, 0.05) is 21.8 Å². The molecular formula is C16H18BrF3N4. The lowest BCUT2D eigenvalue weighted by atomic mass is 10.1. The summed E-state index contributed by atoms with van der Waals surface area (Å²) in [4.78, 5) is 7.70. The Bertz CT molecular complexity index is 739. The molecule has 2 rings (SSSR count). The van der Waals surface area contributed by atoms with Gasteiger partial charge in [0.05, 0.1) is 0 Å². The topological polar surface area (TPSA) is 49.8 Å². The molecule has 24 heavy (non-hydrogen) atoms. The number of hydrogen-bond donors (Lipinski definition) is 2. The van der Waals surface area contributed by atoms with Crippen LogP contribution in [0.2, 0.25) is 0 Å². The molecule has 0 atom stereocenters. The first-order valence-corrected chi connectivity index (χ1v) is 8.01. The summed E-state index contributed by atoms with van der Waals surface area (Å²) < 4.78 is 40.2. The van der Waals surface area contributed by atoms with E-state index in [1.165, 1.54) is 0 Å². The van der Waals surface area contributed by atoms with Crippen molar-refractivity contribution in [2.24, 2.45) is 0 Å². The molecule has 0 bridgehead atoms. The number of aromatic nitrogens is 2. The van der Waals surface area contributed by atoms with Crippen LogP contribution in [0.25, 0.3) is 0 Å². The Hall–Kier alpha value is -1.83. The number of rotatable bonds is 3. The molecule has 0 aliphatic rings. The molecule has 0 radical (unpaired) electrons. The lowest BCUT2D eigenvalue weighted by molar-refractivity contribution is -0.141. The van der Waals surface area contributed by atoms with Crippen LogP contribution >= 0.6 is 15.9 Å². The Labute approximate surface area is 147 Å². The number of aryl methyl sites for hydroxylation is 1. The van der Waals surface area contributed by atoms with Crippen LogP contribution < -0.4 is 10.6 Å². The van der Waals surface area contributed by atoms with Crippen LogP contribution in [0.15, 0.2) is 28.7 Å². The van der Waals surface area contributed by atoms with Gasteiger partial charge in [-0.05, 0) is 51.5 Å². The highest BCUT2D eigenvalue weighted by atomic mass is 79.9. The van der Waals surface area contributed by atoms with Gasteiger partial charge in [-0.2, -0.15) is 18.2 Å². The Kier molecular flexibility index (Phi) is 5.08. The van der Waals surface area contributed by atoms with E-state index < -0.39 is 17.4 Å². The molecule has 8 heteroatoms. The minimum atomic E-state index is -4.55. The molecule has 1 aromatic carbocycles. The minimum Gasteiger partial charge on any atom is -0.350 e. The van der Waals surface area contributed by atoms with Crippen molar-refractivity contribution >= 4 is 33.4 Å². The van der Waals surface area contributed by atoms with E-state index in [0.29, 0.717) is 5.69 Å². The molecule has 1 aromatic heterocycles. The number of nitrogens with zero attached hydrogens (tertiary/aromatic N) is 2. The van der Waals surface area contributed by atoms with E-state index in [1.807, 2.05) is 39.8 Å². The number of nitrogens with one attached hydrogen (secondary N) is 2. The van der Waals surface area contributed by atoms with Gasteiger partial charge < -0.3 is 10.6 Å². The van der Waals surface area contributed by atoms with Gasteiger partial charge in [-0.1, -0.05) is 15.9 Å². The molecule has 2 aromatic rings. The highest BCUT2D eigenvalue weighted by Gasteiger charge is 2.34. The smallest absolute Gasteiger partial charge is 0.350 e. The molecule has 0 amide bonds. The van der Waals surface area contributed by atoms with Gasteiger partial charge in [0.15, 0.2) is 5.69 Å². The van der Waals surface area contributed by atoms with Gasteiger partial charge >= 0.3 is 6.18 Å². The van der Waals surface area contributed by atoms with Gasteiger partial charge in [0.1, 0.15) is 5.82 Å². The van der Waals surface area contributed by atoms with E-state index in [1.54, 1.807) is 6.07 Å². The average molecular weight is 403 g/mol.